The number of likely N-dealkylation sites (N-methyl/N-ethyl adjacent to an activating group) is 1. The highest BCUT2D eigenvalue weighted by Crippen LogP contribution is 2.12. The Labute approximate surface area is 77.3 Å². The van der Waals surface area contributed by atoms with E-state index < -0.39 is 0 Å². The number of carbonyl (C=O) groups is 1. The highest BCUT2D eigenvalue weighted by molar-refractivity contribution is 5.77. The van der Waals surface area contributed by atoms with E-state index in [-0.39, 0.29) is 12.0 Å². The van der Waals surface area contributed by atoms with E-state index >= 15 is 0 Å². The van der Waals surface area contributed by atoms with Gasteiger partial charge in [-0.05, 0) is 25.6 Å². The summed E-state index contributed by atoms with van der Waals surface area (Å²) >= 11 is 0. The number of hydrogen-bond donors (Lipinski definition) is 2. The lowest BCUT2D eigenvalue weighted by molar-refractivity contribution is -0.145. The van der Waals surface area contributed by atoms with Crippen LogP contribution in [0.5, 0.6) is 0 Å². The molecule has 1 aromatic heterocycles. The SMILES string of the molecule is CCOC(=O)C(NC)c1cc[nH]c1. The molecule has 13 heavy (non-hydrogen) atoms. The summed E-state index contributed by atoms with van der Waals surface area (Å²) in [6.07, 6.45) is 3.55. The number of carbonyl (C=O) groups excluding carboxylic acids is 1. The molecule has 1 heterocycles. The van der Waals surface area contributed by atoms with Crippen LogP contribution in [0, 0.1) is 0 Å². The lowest BCUT2D eigenvalue weighted by Crippen LogP contribution is -2.26. The Balaban J connectivity index is 2.68. The third-order valence-electron chi connectivity index (χ3n) is 1.77. The predicted molar refractivity (Wildman–Crippen MR) is 49.2 cm³/mol. The van der Waals surface area contributed by atoms with Crippen molar-refractivity contribution in [3.63, 3.8) is 0 Å². The quantitative estimate of drug-likeness (QED) is 0.678. The van der Waals surface area contributed by atoms with Crippen molar-refractivity contribution in [1.29, 1.82) is 0 Å². The van der Waals surface area contributed by atoms with Crippen molar-refractivity contribution in [2.75, 3.05) is 13.7 Å². The van der Waals surface area contributed by atoms with Crippen molar-refractivity contribution >= 4 is 5.97 Å². The molecular formula is C9H14N2O2. The van der Waals surface area contributed by atoms with E-state index in [1.807, 2.05) is 6.07 Å². The van der Waals surface area contributed by atoms with Gasteiger partial charge in [-0.3, -0.25) is 0 Å². The summed E-state index contributed by atoms with van der Waals surface area (Å²) in [5.74, 6) is -0.246. The van der Waals surface area contributed by atoms with Gasteiger partial charge in [0.2, 0.25) is 0 Å². The van der Waals surface area contributed by atoms with Crippen molar-refractivity contribution < 1.29 is 9.53 Å². The van der Waals surface area contributed by atoms with Crippen molar-refractivity contribution in [2.24, 2.45) is 0 Å². The molecule has 0 aliphatic carbocycles. The van der Waals surface area contributed by atoms with Crippen LogP contribution in [0.2, 0.25) is 0 Å². The van der Waals surface area contributed by atoms with E-state index in [0.717, 1.165) is 5.56 Å². The second kappa shape index (κ2) is 4.67. The molecular weight excluding hydrogens is 168 g/mol. The van der Waals surface area contributed by atoms with Gasteiger partial charge < -0.3 is 15.0 Å². The van der Waals surface area contributed by atoms with E-state index in [0.29, 0.717) is 6.61 Å². The molecule has 0 aromatic carbocycles. The van der Waals surface area contributed by atoms with Crippen LogP contribution in [0.4, 0.5) is 0 Å². The molecule has 1 atom stereocenters. The third kappa shape index (κ3) is 2.32. The fourth-order valence-electron chi connectivity index (χ4n) is 1.16. The van der Waals surface area contributed by atoms with Gasteiger partial charge in [0.25, 0.3) is 0 Å². The van der Waals surface area contributed by atoms with Crippen LogP contribution in [0.1, 0.15) is 18.5 Å². The number of esters is 1. The summed E-state index contributed by atoms with van der Waals surface area (Å²) in [6.45, 7) is 2.20. The molecule has 0 amide bonds. The van der Waals surface area contributed by atoms with Crippen molar-refractivity contribution in [3.8, 4) is 0 Å². The number of aromatic amines is 1. The zero-order chi connectivity index (χ0) is 9.68. The van der Waals surface area contributed by atoms with Crippen LogP contribution in [-0.2, 0) is 9.53 Å². The van der Waals surface area contributed by atoms with Gasteiger partial charge in [0.15, 0.2) is 0 Å². The molecule has 2 N–H and O–H groups in total. The smallest absolute Gasteiger partial charge is 0.327 e. The Morgan fingerprint density at radius 1 is 1.77 bits per heavy atom. The first-order valence-electron chi connectivity index (χ1n) is 4.26. The Hall–Kier alpha value is -1.29. The molecule has 0 spiro atoms. The maximum absolute atomic E-state index is 11.4. The monoisotopic (exact) mass is 182 g/mol. The summed E-state index contributed by atoms with van der Waals surface area (Å²) in [5.41, 5.74) is 0.890. The fourth-order valence-corrected chi connectivity index (χ4v) is 1.16. The number of ether oxygens (including phenoxy) is 1. The zero-order valence-electron chi connectivity index (χ0n) is 7.83. The van der Waals surface area contributed by atoms with E-state index in [2.05, 4.69) is 10.3 Å². The fraction of sp³-hybridized carbons (Fsp3) is 0.444. The molecule has 0 fully saturated rings. The molecule has 0 radical (unpaired) electrons. The molecule has 4 nitrogen and oxygen atoms in total. The largest absolute Gasteiger partial charge is 0.465 e. The van der Waals surface area contributed by atoms with Crippen LogP contribution in [0.15, 0.2) is 18.5 Å². The molecule has 0 aliphatic rings. The van der Waals surface area contributed by atoms with Gasteiger partial charge >= 0.3 is 5.97 Å². The average Bonchev–Trinajstić information content (AvgIpc) is 2.59. The minimum atomic E-state index is -0.369. The Kier molecular flexibility index (Phi) is 3.52. The molecule has 1 rings (SSSR count). The highest BCUT2D eigenvalue weighted by Gasteiger charge is 2.19. The maximum Gasteiger partial charge on any atom is 0.327 e. The van der Waals surface area contributed by atoms with Gasteiger partial charge in [-0.1, -0.05) is 0 Å². The first-order chi connectivity index (χ1) is 6.29. The van der Waals surface area contributed by atoms with E-state index in [1.165, 1.54) is 0 Å². The topological polar surface area (TPSA) is 54.1 Å². The molecule has 0 bridgehead atoms. The van der Waals surface area contributed by atoms with Crippen LogP contribution in [-0.4, -0.2) is 24.6 Å². The number of H-pyrrole nitrogens is 1. The lowest BCUT2D eigenvalue weighted by atomic mass is 10.1. The maximum atomic E-state index is 11.4. The Morgan fingerprint density at radius 2 is 2.54 bits per heavy atom. The minimum Gasteiger partial charge on any atom is -0.465 e. The van der Waals surface area contributed by atoms with Gasteiger partial charge in [0.1, 0.15) is 6.04 Å². The van der Waals surface area contributed by atoms with Gasteiger partial charge in [-0.25, -0.2) is 4.79 Å². The molecule has 1 aromatic rings. The molecule has 0 aliphatic heterocycles. The molecule has 0 saturated carbocycles. The molecule has 0 saturated heterocycles. The van der Waals surface area contributed by atoms with Gasteiger partial charge in [0, 0.05) is 12.4 Å². The van der Waals surface area contributed by atoms with Crippen LogP contribution < -0.4 is 5.32 Å². The Bertz CT molecular complexity index is 257. The number of hydrogen-bond acceptors (Lipinski definition) is 3. The molecule has 72 valence electrons. The molecule has 1 unspecified atom stereocenters. The van der Waals surface area contributed by atoms with Gasteiger partial charge in [-0.15, -0.1) is 0 Å². The third-order valence-corrected chi connectivity index (χ3v) is 1.77. The average molecular weight is 182 g/mol. The minimum absolute atomic E-state index is 0.246. The number of rotatable bonds is 4. The standard InChI is InChI=1S/C9H14N2O2/c1-3-13-9(12)8(10-2)7-4-5-11-6-7/h4-6,8,10-11H,3H2,1-2H3. The van der Waals surface area contributed by atoms with Crippen LogP contribution >= 0.6 is 0 Å². The summed E-state index contributed by atoms with van der Waals surface area (Å²) in [6, 6.07) is 1.48. The van der Waals surface area contributed by atoms with Gasteiger partial charge in [0.05, 0.1) is 6.61 Å². The summed E-state index contributed by atoms with van der Waals surface area (Å²) in [7, 11) is 1.73. The van der Waals surface area contributed by atoms with Gasteiger partial charge in [-0.2, -0.15) is 0 Å². The number of nitrogens with one attached hydrogen (secondary N) is 2. The van der Waals surface area contributed by atoms with Crippen LogP contribution in [0.25, 0.3) is 0 Å². The normalized spacial score (nSPS) is 12.5. The zero-order valence-corrected chi connectivity index (χ0v) is 7.83. The summed E-state index contributed by atoms with van der Waals surface area (Å²) in [5, 5.41) is 2.89. The second-order valence-electron chi connectivity index (χ2n) is 2.62. The van der Waals surface area contributed by atoms with E-state index in [9.17, 15) is 4.79 Å². The predicted octanol–water partition coefficient (Wildman–Crippen LogP) is 0.838. The first-order valence-corrected chi connectivity index (χ1v) is 4.26. The second-order valence-corrected chi connectivity index (χ2v) is 2.62. The molecule has 4 heteroatoms. The first kappa shape index (κ1) is 9.80. The lowest BCUT2D eigenvalue weighted by Gasteiger charge is -2.12. The van der Waals surface area contributed by atoms with Crippen molar-refractivity contribution in [1.82, 2.24) is 10.3 Å². The summed E-state index contributed by atoms with van der Waals surface area (Å²) in [4.78, 5) is 14.3. The van der Waals surface area contributed by atoms with E-state index in [4.69, 9.17) is 4.74 Å². The number of aromatic nitrogens is 1. The Morgan fingerprint density at radius 3 is 3.00 bits per heavy atom. The van der Waals surface area contributed by atoms with E-state index in [1.54, 1.807) is 26.4 Å². The highest BCUT2D eigenvalue weighted by atomic mass is 16.5. The summed E-state index contributed by atoms with van der Waals surface area (Å²) < 4.78 is 4.90. The van der Waals surface area contributed by atoms with Crippen LogP contribution in [0.3, 0.4) is 0 Å². The van der Waals surface area contributed by atoms with Crippen molar-refractivity contribution in [3.05, 3.63) is 24.0 Å². The van der Waals surface area contributed by atoms with Crippen molar-refractivity contribution in [2.45, 2.75) is 13.0 Å².